The summed E-state index contributed by atoms with van der Waals surface area (Å²) >= 11 is 0. The van der Waals surface area contributed by atoms with E-state index in [0.29, 0.717) is 12.0 Å². The number of fused-ring (bicyclic) bond motifs is 1. The average molecular weight is 300 g/mol. The SMILES string of the molecule is COc1ccc2c(c1O)OC[C@@H](Cc1ccc(O)cc1)C2=O. The van der Waals surface area contributed by atoms with E-state index in [0.717, 1.165) is 5.56 Å². The molecule has 2 N–H and O–H groups in total. The number of methoxy groups -OCH3 is 1. The molecule has 0 spiro atoms. The van der Waals surface area contributed by atoms with Crippen molar-refractivity contribution in [3.8, 4) is 23.0 Å². The van der Waals surface area contributed by atoms with Crippen LogP contribution in [0.3, 0.4) is 0 Å². The smallest absolute Gasteiger partial charge is 0.201 e. The fourth-order valence-electron chi connectivity index (χ4n) is 2.61. The van der Waals surface area contributed by atoms with E-state index in [1.807, 2.05) is 0 Å². The molecule has 1 aliphatic heterocycles. The Hall–Kier alpha value is -2.69. The molecule has 2 aromatic rings. The molecule has 3 rings (SSSR count). The van der Waals surface area contributed by atoms with Gasteiger partial charge in [0.15, 0.2) is 17.3 Å². The van der Waals surface area contributed by atoms with Crippen LogP contribution >= 0.6 is 0 Å². The van der Waals surface area contributed by atoms with Crippen LogP contribution in [-0.2, 0) is 6.42 Å². The van der Waals surface area contributed by atoms with Gasteiger partial charge in [0.1, 0.15) is 5.75 Å². The van der Waals surface area contributed by atoms with Crippen molar-refractivity contribution in [1.29, 1.82) is 0 Å². The van der Waals surface area contributed by atoms with E-state index in [1.165, 1.54) is 7.11 Å². The summed E-state index contributed by atoms with van der Waals surface area (Å²) in [4.78, 5) is 12.6. The highest BCUT2D eigenvalue weighted by Gasteiger charge is 2.31. The third kappa shape index (κ3) is 2.45. The normalized spacial score (nSPS) is 16.8. The van der Waals surface area contributed by atoms with E-state index in [-0.39, 0.29) is 41.3 Å². The number of ether oxygens (including phenoxy) is 2. The van der Waals surface area contributed by atoms with Gasteiger partial charge < -0.3 is 19.7 Å². The highest BCUT2D eigenvalue weighted by Crippen LogP contribution is 2.42. The molecule has 0 saturated carbocycles. The van der Waals surface area contributed by atoms with Gasteiger partial charge in [-0.05, 0) is 36.2 Å². The lowest BCUT2D eigenvalue weighted by Gasteiger charge is -2.25. The number of aromatic hydroxyl groups is 2. The maximum Gasteiger partial charge on any atom is 0.201 e. The molecule has 0 amide bonds. The number of Topliss-reactive ketones (excluding diaryl/α,β-unsaturated/α-hetero) is 1. The minimum atomic E-state index is -0.315. The van der Waals surface area contributed by atoms with E-state index >= 15 is 0 Å². The zero-order valence-corrected chi connectivity index (χ0v) is 12.1. The van der Waals surface area contributed by atoms with E-state index in [9.17, 15) is 15.0 Å². The van der Waals surface area contributed by atoms with Crippen LogP contribution in [0.25, 0.3) is 0 Å². The second kappa shape index (κ2) is 5.60. The van der Waals surface area contributed by atoms with Gasteiger partial charge in [-0.2, -0.15) is 0 Å². The average Bonchev–Trinajstić information content (AvgIpc) is 2.53. The van der Waals surface area contributed by atoms with Crippen LogP contribution in [0, 0.1) is 5.92 Å². The third-order valence-electron chi connectivity index (χ3n) is 3.80. The standard InChI is InChI=1S/C17H16O5/c1-21-14-7-6-13-15(19)11(9-22-17(13)16(14)20)8-10-2-4-12(18)5-3-10/h2-7,11,18,20H,8-9H2,1H3/t11-/m1/s1. The monoisotopic (exact) mass is 300 g/mol. The molecule has 1 heterocycles. The van der Waals surface area contributed by atoms with E-state index < -0.39 is 0 Å². The zero-order chi connectivity index (χ0) is 15.7. The number of rotatable bonds is 3. The topological polar surface area (TPSA) is 76.0 Å². The highest BCUT2D eigenvalue weighted by molar-refractivity contribution is 6.02. The minimum Gasteiger partial charge on any atom is -0.508 e. The predicted molar refractivity (Wildman–Crippen MR) is 79.8 cm³/mol. The van der Waals surface area contributed by atoms with Crippen molar-refractivity contribution in [2.75, 3.05) is 13.7 Å². The van der Waals surface area contributed by atoms with Crippen LogP contribution in [0.4, 0.5) is 0 Å². The quantitative estimate of drug-likeness (QED) is 0.911. The van der Waals surface area contributed by atoms with Gasteiger partial charge in [-0.3, -0.25) is 4.79 Å². The molecule has 0 unspecified atom stereocenters. The first kappa shape index (κ1) is 14.3. The maximum absolute atomic E-state index is 12.6. The number of hydrogen-bond acceptors (Lipinski definition) is 5. The molecule has 1 atom stereocenters. The van der Waals surface area contributed by atoms with Crippen LogP contribution in [0.2, 0.25) is 0 Å². The summed E-state index contributed by atoms with van der Waals surface area (Å²) in [6.07, 6.45) is 0.519. The summed E-state index contributed by atoms with van der Waals surface area (Å²) in [6, 6.07) is 9.91. The highest BCUT2D eigenvalue weighted by atomic mass is 16.5. The predicted octanol–water partition coefficient (Wildman–Crippen LogP) is 2.54. The van der Waals surface area contributed by atoms with Crippen molar-refractivity contribution >= 4 is 5.78 Å². The molecule has 0 aliphatic carbocycles. The molecule has 0 fully saturated rings. The second-order valence-corrected chi connectivity index (χ2v) is 5.24. The summed E-state index contributed by atoms with van der Waals surface area (Å²) in [5.41, 5.74) is 1.31. The summed E-state index contributed by atoms with van der Waals surface area (Å²) in [6.45, 7) is 0.202. The molecule has 1 aliphatic rings. The summed E-state index contributed by atoms with van der Waals surface area (Å²) in [5.74, 6) is 0.140. The third-order valence-corrected chi connectivity index (χ3v) is 3.80. The Bertz CT molecular complexity index is 706. The number of hydrogen-bond donors (Lipinski definition) is 2. The van der Waals surface area contributed by atoms with Crippen molar-refractivity contribution in [2.45, 2.75) is 6.42 Å². The molecule has 0 saturated heterocycles. The van der Waals surface area contributed by atoms with E-state index in [4.69, 9.17) is 9.47 Å². The van der Waals surface area contributed by atoms with Crippen molar-refractivity contribution in [3.05, 3.63) is 47.5 Å². The number of carbonyl (C=O) groups excluding carboxylic acids is 1. The van der Waals surface area contributed by atoms with E-state index in [2.05, 4.69) is 0 Å². The Balaban J connectivity index is 1.85. The number of benzene rings is 2. The lowest BCUT2D eigenvalue weighted by molar-refractivity contribution is 0.0825. The van der Waals surface area contributed by atoms with Crippen LogP contribution in [-0.4, -0.2) is 29.7 Å². The first-order valence-electron chi connectivity index (χ1n) is 6.95. The van der Waals surface area contributed by atoms with Crippen LogP contribution in [0.1, 0.15) is 15.9 Å². The molecule has 0 radical (unpaired) electrons. The van der Waals surface area contributed by atoms with Crippen LogP contribution < -0.4 is 9.47 Å². The number of ketones is 1. The lowest BCUT2D eigenvalue weighted by Crippen LogP contribution is -2.29. The van der Waals surface area contributed by atoms with Crippen molar-refractivity contribution in [2.24, 2.45) is 5.92 Å². The van der Waals surface area contributed by atoms with Gasteiger partial charge in [0.2, 0.25) is 5.75 Å². The van der Waals surface area contributed by atoms with Gasteiger partial charge >= 0.3 is 0 Å². The maximum atomic E-state index is 12.6. The summed E-state index contributed by atoms with van der Waals surface area (Å²) in [7, 11) is 1.44. The fraction of sp³-hybridized carbons (Fsp3) is 0.235. The zero-order valence-electron chi connectivity index (χ0n) is 12.1. The first-order chi connectivity index (χ1) is 10.6. The molecule has 114 valence electrons. The molecule has 0 aromatic heterocycles. The number of carbonyl (C=O) groups is 1. The van der Waals surface area contributed by atoms with Crippen LogP contribution in [0.5, 0.6) is 23.0 Å². The number of phenols is 2. The Morgan fingerprint density at radius 2 is 1.91 bits per heavy atom. The van der Waals surface area contributed by atoms with E-state index in [1.54, 1.807) is 36.4 Å². The van der Waals surface area contributed by atoms with Gasteiger partial charge in [-0.25, -0.2) is 0 Å². The summed E-state index contributed by atoms with van der Waals surface area (Å²) < 4.78 is 10.6. The van der Waals surface area contributed by atoms with Gasteiger partial charge in [-0.1, -0.05) is 12.1 Å². The van der Waals surface area contributed by atoms with Crippen molar-refractivity contribution in [3.63, 3.8) is 0 Å². The Labute approximate surface area is 127 Å². The first-order valence-corrected chi connectivity index (χ1v) is 6.95. The largest absolute Gasteiger partial charge is 0.508 e. The van der Waals surface area contributed by atoms with Crippen LogP contribution in [0.15, 0.2) is 36.4 Å². The van der Waals surface area contributed by atoms with Gasteiger partial charge in [0.05, 0.1) is 25.2 Å². The molecule has 0 bridgehead atoms. The van der Waals surface area contributed by atoms with Gasteiger partial charge in [0.25, 0.3) is 0 Å². The Kier molecular flexibility index (Phi) is 3.63. The molecule has 2 aromatic carbocycles. The van der Waals surface area contributed by atoms with Gasteiger partial charge in [0, 0.05) is 0 Å². The molecule has 5 nitrogen and oxygen atoms in total. The fourth-order valence-corrected chi connectivity index (χ4v) is 2.61. The van der Waals surface area contributed by atoms with Crippen molar-refractivity contribution in [1.82, 2.24) is 0 Å². The number of phenolic OH excluding ortho intramolecular Hbond substituents is 2. The summed E-state index contributed by atoms with van der Waals surface area (Å²) in [5, 5.41) is 19.3. The Morgan fingerprint density at radius 3 is 2.59 bits per heavy atom. The lowest BCUT2D eigenvalue weighted by atomic mass is 9.89. The second-order valence-electron chi connectivity index (χ2n) is 5.24. The van der Waals surface area contributed by atoms with Crippen molar-refractivity contribution < 1.29 is 24.5 Å². The molecular weight excluding hydrogens is 284 g/mol. The molecular formula is C17H16O5. The van der Waals surface area contributed by atoms with Gasteiger partial charge in [-0.15, -0.1) is 0 Å². The molecule has 22 heavy (non-hydrogen) atoms. The molecule has 5 heteroatoms. The minimum absolute atomic E-state index is 0.0627. The Morgan fingerprint density at radius 1 is 1.18 bits per heavy atom.